The van der Waals surface area contributed by atoms with Gasteiger partial charge in [-0.05, 0) is 44.7 Å². The van der Waals surface area contributed by atoms with Gasteiger partial charge in [0.05, 0.1) is 0 Å². The van der Waals surface area contributed by atoms with Crippen molar-refractivity contribution in [2.45, 2.75) is 38.6 Å². The van der Waals surface area contributed by atoms with Gasteiger partial charge in [0.25, 0.3) is 5.91 Å². The SMILES string of the molecule is Cc1nnc2cc(C(=O)N3CCCCC3CCO)ccn12. The normalized spacial score (nSPS) is 19.1. The fourth-order valence-electron chi connectivity index (χ4n) is 3.03. The molecule has 1 aliphatic rings. The van der Waals surface area contributed by atoms with Gasteiger partial charge in [-0.15, -0.1) is 10.2 Å². The molecule has 6 heteroatoms. The van der Waals surface area contributed by atoms with Crippen molar-refractivity contribution in [3.8, 4) is 0 Å². The third-order valence-corrected chi connectivity index (χ3v) is 4.18. The number of piperidine rings is 1. The highest BCUT2D eigenvalue weighted by molar-refractivity contribution is 5.95. The van der Waals surface area contributed by atoms with Gasteiger partial charge in [0.15, 0.2) is 5.65 Å². The topological polar surface area (TPSA) is 70.7 Å². The smallest absolute Gasteiger partial charge is 0.254 e. The monoisotopic (exact) mass is 288 g/mol. The molecule has 112 valence electrons. The summed E-state index contributed by atoms with van der Waals surface area (Å²) in [5, 5.41) is 17.2. The number of aromatic nitrogens is 3. The standard InChI is InChI=1S/C15H20N4O2/c1-11-16-17-14-10-12(5-8-18(11)14)15(21)19-7-3-2-4-13(19)6-9-20/h5,8,10,13,20H,2-4,6-7,9H2,1H3. The van der Waals surface area contributed by atoms with Gasteiger partial charge >= 0.3 is 0 Å². The summed E-state index contributed by atoms with van der Waals surface area (Å²) in [5.74, 6) is 0.830. The largest absolute Gasteiger partial charge is 0.396 e. The summed E-state index contributed by atoms with van der Waals surface area (Å²) in [6.07, 6.45) is 5.61. The van der Waals surface area contributed by atoms with Crippen molar-refractivity contribution >= 4 is 11.6 Å². The third-order valence-electron chi connectivity index (χ3n) is 4.18. The molecule has 2 aromatic rings. The van der Waals surface area contributed by atoms with E-state index in [1.54, 1.807) is 6.07 Å². The molecule has 1 amide bonds. The van der Waals surface area contributed by atoms with Crippen LogP contribution in [0.2, 0.25) is 0 Å². The number of aliphatic hydroxyl groups is 1. The highest BCUT2D eigenvalue weighted by Crippen LogP contribution is 2.22. The first-order valence-electron chi connectivity index (χ1n) is 7.44. The molecule has 1 aliphatic heterocycles. The Bertz CT molecular complexity index is 650. The number of fused-ring (bicyclic) bond motifs is 1. The quantitative estimate of drug-likeness (QED) is 0.927. The van der Waals surface area contributed by atoms with Crippen LogP contribution in [0.1, 0.15) is 41.9 Å². The molecule has 1 unspecified atom stereocenters. The highest BCUT2D eigenvalue weighted by atomic mass is 16.3. The second-order valence-corrected chi connectivity index (χ2v) is 5.55. The molecule has 3 heterocycles. The Hall–Kier alpha value is -1.95. The van der Waals surface area contributed by atoms with E-state index < -0.39 is 0 Å². The van der Waals surface area contributed by atoms with E-state index in [2.05, 4.69) is 10.2 Å². The van der Waals surface area contributed by atoms with Gasteiger partial charge in [-0.25, -0.2) is 0 Å². The summed E-state index contributed by atoms with van der Waals surface area (Å²) in [7, 11) is 0. The van der Waals surface area contributed by atoms with E-state index in [0.717, 1.165) is 31.6 Å². The first-order chi connectivity index (χ1) is 10.2. The van der Waals surface area contributed by atoms with Gasteiger partial charge < -0.3 is 10.0 Å². The molecule has 1 saturated heterocycles. The molecule has 1 atom stereocenters. The predicted molar refractivity (Wildman–Crippen MR) is 78.1 cm³/mol. The minimum absolute atomic E-state index is 0.0244. The van der Waals surface area contributed by atoms with Crippen molar-refractivity contribution in [2.24, 2.45) is 0 Å². The van der Waals surface area contributed by atoms with Gasteiger partial charge in [0, 0.05) is 31.0 Å². The molecule has 0 bridgehead atoms. The van der Waals surface area contributed by atoms with E-state index in [-0.39, 0.29) is 18.6 Å². The molecule has 1 fully saturated rings. The van der Waals surface area contributed by atoms with Crippen molar-refractivity contribution in [3.05, 3.63) is 29.7 Å². The number of carbonyl (C=O) groups is 1. The number of carbonyl (C=O) groups excluding carboxylic acids is 1. The summed E-state index contributed by atoms with van der Waals surface area (Å²) >= 11 is 0. The second-order valence-electron chi connectivity index (χ2n) is 5.55. The first kappa shape index (κ1) is 14.0. The minimum atomic E-state index is 0.0244. The second kappa shape index (κ2) is 5.81. The minimum Gasteiger partial charge on any atom is -0.396 e. The summed E-state index contributed by atoms with van der Waals surface area (Å²) in [4.78, 5) is 14.6. The van der Waals surface area contributed by atoms with Gasteiger partial charge in [-0.2, -0.15) is 0 Å². The van der Waals surface area contributed by atoms with Crippen LogP contribution in [0.3, 0.4) is 0 Å². The van der Waals surface area contributed by atoms with Crippen LogP contribution < -0.4 is 0 Å². The number of nitrogens with zero attached hydrogens (tertiary/aromatic N) is 4. The zero-order chi connectivity index (χ0) is 14.8. The summed E-state index contributed by atoms with van der Waals surface area (Å²) in [5.41, 5.74) is 1.33. The van der Waals surface area contributed by atoms with Gasteiger partial charge in [-0.1, -0.05) is 0 Å². The van der Waals surface area contributed by atoms with Crippen LogP contribution >= 0.6 is 0 Å². The van der Waals surface area contributed by atoms with Crippen LogP contribution in [0.15, 0.2) is 18.3 Å². The molecule has 2 aromatic heterocycles. The maximum Gasteiger partial charge on any atom is 0.254 e. The van der Waals surface area contributed by atoms with Crippen LogP contribution in [-0.4, -0.2) is 49.7 Å². The maximum absolute atomic E-state index is 12.7. The lowest BCUT2D eigenvalue weighted by Gasteiger charge is -2.35. The number of aryl methyl sites for hydroxylation is 1. The van der Waals surface area contributed by atoms with Gasteiger partial charge in [0.1, 0.15) is 5.82 Å². The number of likely N-dealkylation sites (tertiary alicyclic amines) is 1. The van der Waals surface area contributed by atoms with Crippen LogP contribution in [0.5, 0.6) is 0 Å². The molecule has 1 N–H and O–H groups in total. The van der Waals surface area contributed by atoms with Gasteiger partial charge in [0.2, 0.25) is 0 Å². The Morgan fingerprint density at radius 3 is 3.10 bits per heavy atom. The fourth-order valence-corrected chi connectivity index (χ4v) is 3.03. The molecule has 21 heavy (non-hydrogen) atoms. The molecule has 6 nitrogen and oxygen atoms in total. The number of rotatable bonds is 3. The van der Waals surface area contributed by atoms with Crippen LogP contribution in [0, 0.1) is 6.92 Å². The van der Waals surface area contributed by atoms with Crippen molar-refractivity contribution in [3.63, 3.8) is 0 Å². The van der Waals surface area contributed by atoms with Crippen LogP contribution in [0.25, 0.3) is 5.65 Å². The number of aliphatic hydroxyl groups excluding tert-OH is 1. The van der Waals surface area contributed by atoms with E-state index in [0.29, 0.717) is 17.6 Å². The molecular formula is C15H20N4O2. The molecule has 3 rings (SSSR count). The van der Waals surface area contributed by atoms with Crippen molar-refractivity contribution in [1.29, 1.82) is 0 Å². The van der Waals surface area contributed by atoms with Gasteiger partial charge in [-0.3, -0.25) is 9.20 Å². The zero-order valence-electron chi connectivity index (χ0n) is 12.2. The lowest BCUT2D eigenvalue weighted by atomic mass is 9.98. The van der Waals surface area contributed by atoms with Crippen LogP contribution in [-0.2, 0) is 0 Å². The fraction of sp³-hybridized carbons (Fsp3) is 0.533. The number of amides is 1. The number of hydrogen-bond acceptors (Lipinski definition) is 4. The summed E-state index contributed by atoms with van der Waals surface area (Å²) in [6, 6.07) is 3.75. The van der Waals surface area contributed by atoms with E-state index in [1.807, 2.05) is 28.5 Å². The Kier molecular flexibility index (Phi) is 3.88. The lowest BCUT2D eigenvalue weighted by Crippen LogP contribution is -2.44. The van der Waals surface area contributed by atoms with Crippen molar-refractivity contribution < 1.29 is 9.90 Å². The van der Waals surface area contributed by atoms with Crippen molar-refractivity contribution in [2.75, 3.05) is 13.2 Å². The summed E-state index contributed by atoms with van der Waals surface area (Å²) < 4.78 is 1.86. The van der Waals surface area contributed by atoms with E-state index in [4.69, 9.17) is 0 Å². The zero-order valence-corrected chi connectivity index (χ0v) is 12.2. The predicted octanol–water partition coefficient (Wildman–Crippen LogP) is 1.41. The Morgan fingerprint density at radius 1 is 1.43 bits per heavy atom. The Balaban J connectivity index is 1.87. The summed E-state index contributed by atoms with van der Waals surface area (Å²) in [6.45, 7) is 2.76. The maximum atomic E-state index is 12.7. The molecule has 0 saturated carbocycles. The molecule has 0 aromatic carbocycles. The lowest BCUT2D eigenvalue weighted by molar-refractivity contribution is 0.0574. The molecule has 0 aliphatic carbocycles. The van der Waals surface area contributed by atoms with E-state index in [1.165, 1.54) is 0 Å². The number of hydrogen-bond donors (Lipinski definition) is 1. The Labute approximate surface area is 123 Å². The van der Waals surface area contributed by atoms with Crippen molar-refractivity contribution in [1.82, 2.24) is 19.5 Å². The van der Waals surface area contributed by atoms with Crippen LogP contribution in [0.4, 0.5) is 0 Å². The first-order valence-corrected chi connectivity index (χ1v) is 7.44. The molecule has 0 spiro atoms. The number of pyridine rings is 1. The Morgan fingerprint density at radius 2 is 2.29 bits per heavy atom. The molecule has 0 radical (unpaired) electrons. The van der Waals surface area contributed by atoms with E-state index >= 15 is 0 Å². The average molecular weight is 288 g/mol. The highest BCUT2D eigenvalue weighted by Gasteiger charge is 2.27. The molecular weight excluding hydrogens is 268 g/mol. The van der Waals surface area contributed by atoms with E-state index in [9.17, 15) is 9.90 Å². The average Bonchev–Trinajstić information content (AvgIpc) is 2.88. The third kappa shape index (κ3) is 2.63.